The fraction of sp³-hybridized carbons (Fsp3) is 0. The van der Waals surface area contributed by atoms with E-state index in [4.69, 9.17) is 0 Å². The van der Waals surface area contributed by atoms with Crippen molar-refractivity contribution in [2.45, 2.75) is 0 Å². The third-order valence-corrected chi connectivity index (χ3v) is 3.37. The highest BCUT2D eigenvalue weighted by molar-refractivity contribution is 5.99. The van der Waals surface area contributed by atoms with E-state index >= 15 is 0 Å². The first kappa shape index (κ1) is 9.48. The minimum absolute atomic E-state index is 0.651. The molecule has 0 spiro atoms. The van der Waals surface area contributed by atoms with Gasteiger partial charge in [-0.25, -0.2) is 4.99 Å². The second kappa shape index (κ2) is 3.23. The molecule has 4 rings (SSSR count). The molecule has 0 saturated carbocycles. The Morgan fingerprint density at radius 3 is 2.94 bits per heavy atom. The van der Waals surface area contributed by atoms with Crippen LogP contribution < -0.4 is 10.6 Å². The highest BCUT2D eigenvalue weighted by atomic mass is 16.1. The minimum atomic E-state index is 0.651. The number of hydrogen-bond acceptors (Lipinski definition) is 3. The van der Waals surface area contributed by atoms with Crippen LogP contribution in [0.5, 0.6) is 0 Å². The van der Waals surface area contributed by atoms with E-state index in [-0.39, 0.29) is 0 Å². The van der Waals surface area contributed by atoms with E-state index in [0.717, 1.165) is 39.2 Å². The van der Waals surface area contributed by atoms with Gasteiger partial charge < -0.3 is 0 Å². The van der Waals surface area contributed by atoms with Crippen molar-refractivity contribution in [2.75, 3.05) is 0 Å². The summed E-state index contributed by atoms with van der Waals surface area (Å²) in [5, 5.41) is 1.76. The van der Waals surface area contributed by atoms with Gasteiger partial charge in [0.2, 0.25) is 0 Å². The average Bonchev–Trinajstić information content (AvgIpc) is 3.00. The fourth-order valence-electron chi connectivity index (χ4n) is 2.57. The van der Waals surface area contributed by atoms with Crippen LogP contribution >= 0.6 is 0 Å². The molecule has 0 saturated heterocycles. The average molecular weight is 232 g/mol. The van der Waals surface area contributed by atoms with Crippen LogP contribution in [0.2, 0.25) is 0 Å². The lowest BCUT2D eigenvalue weighted by molar-refractivity contribution is 0.112. The number of hydrogen-bond donors (Lipinski definition) is 0. The smallest absolute Gasteiger partial charge is 0.150 e. The zero-order valence-electron chi connectivity index (χ0n) is 9.42. The van der Waals surface area contributed by atoms with Gasteiger partial charge in [0, 0.05) is 39.9 Å². The summed E-state index contributed by atoms with van der Waals surface area (Å²) >= 11 is 0. The van der Waals surface area contributed by atoms with Crippen LogP contribution in [-0.2, 0) is 0 Å². The first-order chi connectivity index (χ1) is 8.88. The largest absolute Gasteiger partial charge is 0.298 e. The van der Waals surface area contributed by atoms with Crippen molar-refractivity contribution in [1.82, 2.24) is 0 Å². The molecule has 2 aliphatic rings. The maximum Gasteiger partial charge on any atom is 0.150 e. The molecule has 0 amide bonds. The first-order valence-corrected chi connectivity index (χ1v) is 5.72. The Morgan fingerprint density at radius 1 is 1.17 bits per heavy atom. The molecule has 0 atom stereocenters. The molecular formula is C15H8N2O. The number of benzene rings is 2. The fourth-order valence-corrected chi connectivity index (χ4v) is 2.57. The Labute approximate surface area is 103 Å². The molecule has 18 heavy (non-hydrogen) atoms. The summed E-state index contributed by atoms with van der Waals surface area (Å²) in [5.74, 6) is 0. The van der Waals surface area contributed by atoms with Crippen LogP contribution in [0.15, 0.2) is 40.3 Å². The van der Waals surface area contributed by atoms with E-state index in [0.29, 0.717) is 5.56 Å². The Hall–Kier alpha value is -2.55. The minimum Gasteiger partial charge on any atom is -0.298 e. The summed E-state index contributed by atoms with van der Waals surface area (Å²) in [6.07, 6.45) is 4.40. The van der Waals surface area contributed by atoms with Crippen molar-refractivity contribution in [3.8, 4) is 11.1 Å². The van der Waals surface area contributed by atoms with E-state index in [9.17, 15) is 4.79 Å². The zero-order valence-corrected chi connectivity index (χ0v) is 9.42. The zero-order chi connectivity index (χ0) is 12.1. The van der Waals surface area contributed by atoms with Gasteiger partial charge in [0.05, 0.1) is 11.0 Å². The monoisotopic (exact) mass is 232 g/mol. The lowest BCUT2D eigenvalue weighted by atomic mass is 9.97. The molecule has 0 radical (unpaired) electrons. The van der Waals surface area contributed by atoms with Gasteiger partial charge >= 0.3 is 0 Å². The predicted octanol–water partition coefficient (Wildman–Crippen LogP) is 1.60. The molecule has 2 aromatic rings. The SMILES string of the molecule is O=Cc1cc2c(c3c1=CN=C3)-c1ccccc1N=2. The van der Waals surface area contributed by atoms with Crippen molar-refractivity contribution >= 4 is 24.4 Å². The van der Waals surface area contributed by atoms with Crippen LogP contribution in [-0.4, -0.2) is 12.5 Å². The van der Waals surface area contributed by atoms with Crippen molar-refractivity contribution < 1.29 is 4.79 Å². The van der Waals surface area contributed by atoms with Crippen molar-refractivity contribution in [3.05, 3.63) is 52.0 Å². The molecular weight excluding hydrogens is 224 g/mol. The number of nitrogens with zero attached hydrogens (tertiary/aromatic N) is 2. The third kappa shape index (κ3) is 1.06. The number of para-hydroxylation sites is 1. The summed E-state index contributed by atoms with van der Waals surface area (Å²) in [7, 11) is 0. The highest BCUT2D eigenvalue weighted by Crippen LogP contribution is 2.33. The van der Waals surface area contributed by atoms with Gasteiger partial charge in [-0.3, -0.25) is 9.79 Å². The Morgan fingerprint density at radius 2 is 2.06 bits per heavy atom. The third-order valence-electron chi connectivity index (χ3n) is 3.37. The van der Waals surface area contributed by atoms with Crippen LogP contribution in [0.1, 0.15) is 15.9 Å². The molecule has 0 aliphatic carbocycles. The van der Waals surface area contributed by atoms with Crippen LogP contribution in [0.4, 0.5) is 5.69 Å². The number of rotatable bonds is 1. The van der Waals surface area contributed by atoms with Gasteiger partial charge in [0.25, 0.3) is 0 Å². The molecule has 3 heteroatoms. The van der Waals surface area contributed by atoms with Crippen molar-refractivity contribution in [3.63, 3.8) is 0 Å². The number of aliphatic imine (C=N–C) groups is 1. The van der Waals surface area contributed by atoms with E-state index in [1.807, 2.05) is 24.3 Å². The van der Waals surface area contributed by atoms with Crippen LogP contribution in [0, 0.1) is 0 Å². The van der Waals surface area contributed by atoms with Gasteiger partial charge in [0.1, 0.15) is 0 Å². The second-order valence-electron chi connectivity index (χ2n) is 4.34. The second-order valence-corrected chi connectivity index (χ2v) is 4.34. The standard InChI is InChI=1S/C15H8N2O/c18-8-9-5-14-15(12-7-16-6-11(9)12)10-3-1-2-4-13(10)17-14/h1-8H. The summed E-state index contributed by atoms with van der Waals surface area (Å²) < 4.78 is 0. The van der Waals surface area contributed by atoms with Gasteiger partial charge in [-0.2, -0.15) is 0 Å². The van der Waals surface area contributed by atoms with Crippen LogP contribution in [0.3, 0.4) is 0 Å². The molecule has 2 aromatic carbocycles. The first-order valence-electron chi connectivity index (χ1n) is 5.72. The molecule has 0 aromatic heterocycles. The molecule has 84 valence electrons. The summed E-state index contributed by atoms with van der Waals surface area (Å²) in [6.45, 7) is 0. The summed E-state index contributed by atoms with van der Waals surface area (Å²) in [6, 6.07) is 9.84. The summed E-state index contributed by atoms with van der Waals surface area (Å²) in [5.41, 5.74) is 4.81. The Kier molecular flexibility index (Phi) is 1.70. The number of carbonyl (C=O) groups is 1. The molecule has 2 heterocycles. The van der Waals surface area contributed by atoms with Crippen LogP contribution in [0.25, 0.3) is 17.3 Å². The predicted molar refractivity (Wildman–Crippen MR) is 69.8 cm³/mol. The maximum absolute atomic E-state index is 11.1. The van der Waals surface area contributed by atoms with E-state index in [1.165, 1.54) is 0 Å². The van der Waals surface area contributed by atoms with Gasteiger partial charge in [-0.15, -0.1) is 0 Å². The molecule has 2 aliphatic heterocycles. The van der Waals surface area contributed by atoms with Crippen molar-refractivity contribution in [2.24, 2.45) is 9.98 Å². The van der Waals surface area contributed by atoms with Gasteiger partial charge in [-0.1, -0.05) is 18.2 Å². The highest BCUT2D eigenvalue weighted by Gasteiger charge is 2.20. The lowest BCUT2D eigenvalue weighted by Crippen LogP contribution is -2.20. The molecule has 0 fully saturated rings. The maximum atomic E-state index is 11.1. The Balaban J connectivity index is 2.22. The van der Waals surface area contributed by atoms with Gasteiger partial charge in [0.15, 0.2) is 6.29 Å². The summed E-state index contributed by atoms with van der Waals surface area (Å²) in [4.78, 5) is 19.8. The van der Waals surface area contributed by atoms with E-state index in [2.05, 4.69) is 16.1 Å². The number of fused-ring (bicyclic) bond motifs is 5. The number of carbonyl (C=O) groups excluding carboxylic acids is 1. The molecule has 0 N–H and O–H groups in total. The molecule has 3 nitrogen and oxygen atoms in total. The van der Waals surface area contributed by atoms with E-state index < -0.39 is 0 Å². The van der Waals surface area contributed by atoms with Crippen molar-refractivity contribution in [1.29, 1.82) is 0 Å². The Bertz CT molecular complexity index is 848. The topological polar surface area (TPSA) is 41.8 Å². The normalized spacial score (nSPS) is 13.3. The number of aldehydes is 1. The quantitative estimate of drug-likeness (QED) is 0.587. The van der Waals surface area contributed by atoms with Gasteiger partial charge in [-0.05, 0) is 12.1 Å². The van der Waals surface area contributed by atoms with E-state index in [1.54, 1.807) is 12.4 Å². The molecule has 0 bridgehead atoms. The molecule has 0 unspecified atom stereocenters. The lowest BCUT2D eigenvalue weighted by Gasteiger charge is -2.03.